The van der Waals surface area contributed by atoms with Gasteiger partial charge in [-0.25, -0.2) is 5.90 Å². The van der Waals surface area contributed by atoms with Crippen LogP contribution in [0.2, 0.25) is 0 Å². The zero-order valence-electron chi connectivity index (χ0n) is 9.21. The van der Waals surface area contributed by atoms with Crippen LogP contribution in [0.4, 0.5) is 0 Å². The van der Waals surface area contributed by atoms with Crippen molar-refractivity contribution in [3.8, 4) is 5.75 Å². The van der Waals surface area contributed by atoms with E-state index in [4.69, 9.17) is 10.7 Å². The van der Waals surface area contributed by atoms with Crippen molar-refractivity contribution in [3.63, 3.8) is 0 Å². The highest BCUT2D eigenvalue weighted by atomic mass is 16.6. The van der Waals surface area contributed by atoms with Gasteiger partial charge in [-0.15, -0.1) is 0 Å². The van der Waals surface area contributed by atoms with Gasteiger partial charge in [0, 0.05) is 11.0 Å². The number of nitrogens with two attached hydrogens (primary N) is 1. The summed E-state index contributed by atoms with van der Waals surface area (Å²) in [5.74, 6) is 5.50. The third kappa shape index (κ3) is 1.73. The van der Waals surface area contributed by atoms with Crippen LogP contribution >= 0.6 is 0 Å². The molecule has 1 aliphatic carbocycles. The Balaban J connectivity index is 2.40. The van der Waals surface area contributed by atoms with E-state index in [1.807, 2.05) is 13.0 Å². The fraction of sp³-hybridized carbons (Fsp3) is 0.500. The van der Waals surface area contributed by atoms with Crippen molar-refractivity contribution in [2.75, 3.05) is 6.61 Å². The van der Waals surface area contributed by atoms with Gasteiger partial charge in [0.2, 0.25) is 0 Å². The number of rotatable bonds is 3. The summed E-state index contributed by atoms with van der Waals surface area (Å²) in [6, 6.07) is 3.87. The number of aryl methyl sites for hydroxylation is 2. The van der Waals surface area contributed by atoms with Gasteiger partial charge in [-0.05, 0) is 43.9 Å². The summed E-state index contributed by atoms with van der Waals surface area (Å²) in [6.07, 6.45) is 2.08. The highest BCUT2D eigenvalue weighted by Gasteiger charge is 2.46. The van der Waals surface area contributed by atoms with Gasteiger partial charge >= 0.3 is 0 Å². The molecule has 1 aromatic carbocycles. The van der Waals surface area contributed by atoms with E-state index < -0.39 is 0 Å². The van der Waals surface area contributed by atoms with E-state index in [2.05, 4.69) is 13.0 Å². The summed E-state index contributed by atoms with van der Waals surface area (Å²) < 4.78 is 0. The maximum atomic E-state index is 9.92. The van der Waals surface area contributed by atoms with Crippen LogP contribution in [-0.4, -0.2) is 11.7 Å². The molecular formula is C12H17NO2. The third-order valence-corrected chi connectivity index (χ3v) is 3.40. The Morgan fingerprint density at radius 2 is 1.93 bits per heavy atom. The van der Waals surface area contributed by atoms with Gasteiger partial charge in [0.1, 0.15) is 5.75 Å². The molecule has 3 heteroatoms. The minimum atomic E-state index is -0.0305. The molecule has 0 bridgehead atoms. The molecule has 1 aromatic rings. The fourth-order valence-electron chi connectivity index (χ4n) is 2.03. The molecule has 1 saturated carbocycles. The van der Waals surface area contributed by atoms with Gasteiger partial charge < -0.3 is 9.94 Å². The van der Waals surface area contributed by atoms with Crippen molar-refractivity contribution in [1.29, 1.82) is 0 Å². The lowest BCUT2D eigenvalue weighted by Crippen LogP contribution is -2.18. The van der Waals surface area contributed by atoms with Crippen LogP contribution in [0.15, 0.2) is 12.1 Å². The molecule has 1 fully saturated rings. The summed E-state index contributed by atoms with van der Waals surface area (Å²) in [5, 5.41) is 9.92. The third-order valence-electron chi connectivity index (χ3n) is 3.40. The predicted octanol–water partition coefficient (Wildman–Crippen LogP) is 1.93. The summed E-state index contributed by atoms with van der Waals surface area (Å²) in [5.41, 5.74) is 3.26. The standard InChI is InChI=1S/C12H17NO2/c1-8-5-10(11(14)6-9(8)2)12(3-4-12)7-15-13/h5-6,14H,3-4,7,13H2,1-2H3. The van der Waals surface area contributed by atoms with E-state index >= 15 is 0 Å². The Morgan fingerprint density at radius 1 is 1.33 bits per heavy atom. The Morgan fingerprint density at radius 3 is 2.47 bits per heavy atom. The average Bonchev–Trinajstić information content (AvgIpc) is 2.93. The van der Waals surface area contributed by atoms with Crippen molar-refractivity contribution < 1.29 is 9.94 Å². The number of benzene rings is 1. The van der Waals surface area contributed by atoms with E-state index in [-0.39, 0.29) is 5.41 Å². The van der Waals surface area contributed by atoms with Crippen molar-refractivity contribution in [2.45, 2.75) is 32.1 Å². The van der Waals surface area contributed by atoms with Crippen LogP contribution in [0, 0.1) is 13.8 Å². The monoisotopic (exact) mass is 207 g/mol. The SMILES string of the molecule is Cc1cc(O)c(C2(CON)CC2)cc1C. The van der Waals surface area contributed by atoms with Crippen LogP contribution < -0.4 is 5.90 Å². The maximum Gasteiger partial charge on any atom is 0.119 e. The van der Waals surface area contributed by atoms with Crippen molar-refractivity contribution in [3.05, 3.63) is 28.8 Å². The molecule has 0 aromatic heterocycles. The van der Waals surface area contributed by atoms with E-state index in [1.165, 1.54) is 5.56 Å². The van der Waals surface area contributed by atoms with Crippen molar-refractivity contribution in [2.24, 2.45) is 5.90 Å². The summed E-state index contributed by atoms with van der Waals surface area (Å²) >= 11 is 0. The molecule has 0 heterocycles. The van der Waals surface area contributed by atoms with Gasteiger partial charge in [-0.1, -0.05) is 6.07 Å². The smallest absolute Gasteiger partial charge is 0.119 e. The van der Waals surface area contributed by atoms with E-state index in [0.717, 1.165) is 24.0 Å². The number of hydrogen-bond acceptors (Lipinski definition) is 3. The Kier molecular flexibility index (Phi) is 2.44. The summed E-state index contributed by atoms with van der Waals surface area (Å²) in [6.45, 7) is 4.54. The first-order chi connectivity index (χ1) is 7.09. The molecule has 0 atom stereocenters. The Hall–Kier alpha value is -1.06. The molecule has 0 radical (unpaired) electrons. The molecule has 3 nitrogen and oxygen atoms in total. The topological polar surface area (TPSA) is 55.5 Å². The quantitative estimate of drug-likeness (QED) is 0.745. The van der Waals surface area contributed by atoms with Crippen molar-refractivity contribution in [1.82, 2.24) is 0 Å². The predicted molar refractivity (Wildman–Crippen MR) is 58.6 cm³/mol. The lowest BCUT2D eigenvalue weighted by atomic mass is 9.92. The zero-order valence-corrected chi connectivity index (χ0v) is 9.21. The van der Waals surface area contributed by atoms with Gasteiger partial charge in [0.15, 0.2) is 0 Å². The second-order valence-electron chi connectivity index (χ2n) is 4.54. The molecule has 15 heavy (non-hydrogen) atoms. The van der Waals surface area contributed by atoms with E-state index in [9.17, 15) is 5.11 Å². The second kappa shape index (κ2) is 3.51. The molecule has 1 aliphatic rings. The second-order valence-corrected chi connectivity index (χ2v) is 4.54. The minimum Gasteiger partial charge on any atom is -0.508 e. The molecule has 0 aliphatic heterocycles. The first-order valence-corrected chi connectivity index (χ1v) is 5.21. The first-order valence-electron chi connectivity index (χ1n) is 5.21. The van der Waals surface area contributed by atoms with Gasteiger partial charge in [-0.2, -0.15) is 0 Å². The van der Waals surface area contributed by atoms with E-state index in [1.54, 1.807) is 0 Å². The van der Waals surface area contributed by atoms with Crippen LogP contribution in [0.5, 0.6) is 5.75 Å². The van der Waals surface area contributed by atoms with Crippen LogP contribution in [0.1, 0.15) is 29.5 Å². The lowest BCUT2D eigenvalue weighted by Gasteiger charge is -2.17. The number of phenolic OH excluding ortho intramolecular Hbond substituents is 1. The first kappa shape index (κ1) is 10.5. The molecule has 0 amide bonds. The highest BCUT2D eigenvalue weighted by Crippen LogP contribution is 2.51. The Bertz CT molecular complexity index is 383. The largest absolute Gasteiger partial charge is 0.508 e. The molecule has 3 N–H and O–H groups in total. The fourth-order valence-corrected chi connectivity index (χ4v) is 2.03. The molecule has 0 spiro atoms. The molecule has 2 rings (SSSR count). The maximum absolute atomic E-state index is 9.92. The lowest BCUT2D eigenvalue weighted by molar-refractivity contribution is 0.115. The number of hydrogen-bond donors (Lipinski definition) is 2. The summed E-state index contributed by atoms with van der Waals surface area (Å²) in [4.78, 5) is 4.74. The van der Waals surface area contributed by atoms with Crippen LogP contribution in [-0.2, 0) is 10.3 Å². The van der Waals surface area contributed by atoms with Crippen molar-refractivity contribution >= 4 is 0 Å². The molecular weight excluding hydrogens is 190 g/mol. The Labute approximate surface area is 89.8 Å². The van der Waals surface area contributed by atoms with E-state index in [0.29, 0.717) is 12.4 Å². The summed E-state index contributed by atoms with van der Waals surface area (Å²) in [7, 11) is 0. The van der Waals surface area contributed by atoms with Gasteiger partial charge in [0.25, 0.3) is 0 Å². The van der Waals surface area contributed by atoms with Crippen LogP contribution in [0.25, 0.3) is 0 Å². The van der Waals surface area contributed by atoms with Crippen LogP contribution in [0.3, 0.4) is 0 Å². The van der Waals surface area contributed by atoms with Gasteiger partial charge in [0.05, 0.1) is 6.61 Å². The molecule has 0 saturated heterocycles. The molecule has 82 valence electrons. The highest BCUT2D eigenvalue weighted by molar-refractivity contribution is 5.47. The minimum absolute atomic E-state index is 0.0305. The number of phenols is 1. The van der Waals surface area contributed by atoms with Gasteiger partial charge in [-0.3, -0.25) is 0 Å². The number of aromatic hydroxyl groups is 1. The molecule has 0 unspecified atom stereocenters. The normalized spacial score (nSPS) is 17.8. The average molecular weight is 207 g/mol. The zero-order chi connectivity index (χ0) is 11.1.